The summed E-state index contributed by atoms with van der Waals surface area (Å²) in [5.74, 6) is 0.369. The molecule has 0 saturated heterocycles. The molecule has 1 atom stereocenters. The fraction of sp³-hybridized carbons (Fsp3) is 0.571. The van der Waals surface area contributed by atoms with E-state index >= 15 is 0 Å². The van der Waals surface area contributed by atoms with Crippen LogP contribution in [-0.4, -0.2) is 34.9 Å². The molecule has 5 heteroatoms. The molecule has 4 nitrogen and oxygen atoms in total. The van der Waals surface area contributed by atoms with Crippen LogP contribution in [0.3, 0.4) is 0 Å². The molecule has 1 heterocycles. The summed E-state index contributed by atoms with van der Waals surface area (Å²) in [7, 11) is 0. The molecule has 1 N–H and O–H groups in total. The van der Waals surface area contributed by atoms with Gasteiger partial charge in [-0.05, 0) is 39.8 Å². The van der Waals surface area contributed by atoms with Crippen LogP contribution in [0.2, 0.25) is 0 Å². The molecule has 1 aromatic heterocycles. The number of aromatic nitrogens is 1. The number of rotatable bonds is 7. The Morgan fingerprint density at radius 2 is 2.26 bits per heavy atom. The molecule has 0 radical (unpaired) electrons. The van der Waals surface area contributed by atoms with Crippen LogP contribution in [-0.2, 0) is 9.53 Å². The molecule has 0 bridgehead atoms. The van der Waals surface area contributed by atoms with Crippen LogP contribution in [0.1, 0.15) is 27.7 Å². The number of hydrogen-bond donors (Lipinski definition) is 1. The van der Waals surface area contributed by atoms with Crippen molar-refractivity contribution in [3.8, 4) is 0 Å². The van der Waals surface area contributed by atoms with E-state index in [1.54, 1.807) is 18.0 Å². The highest BCUT2D eigenvalue weighted by molar-refractivity contribution is 7.99. The molecule has 106 valence electrons. The number of nitrogens with one attached hydrogen (secondary N) is 1. The summed E-state index contributed by atoms with van der Waals surface area (Å²) >= 11 is 1.55. The zero-order valence-corrected chi connectivity index (χ0v) is 12.8. The van der Waals surface area contributed by atoms with Gasteiger partial charge in [-0.15, -0.1) is 11.8 Å². The van der Waals surface area contributed by atoms with Crippen molar-refractivity contribution in [2.24, 2.45) is 0 Å². The molecule has 1 unspecified atom stereocenters. The zero-order valence-electron chi connectivity index (χ0n) is 12.0. The van der Waals surface area contributed by atoms with Crippen molar-refractivity contribution in [1.82, 2.24) is 10.3 Å². The van der Waals surface area contributed by atoms with Crippen molar-refractivity contribution >= 4 is 17.7 Å². The highest BCUT2D eigenvalue weighted by atomic mass is 32.2. The van der Waals surface area contributed by atoms with Gasteiger partial charge in [0.1, 0.15) is 5.54 Å². The van der Waals surface area contributed by atoms with E-state index in [1.807, 2.05) is 45.9 Å². The third kappa shape index (κ3) is 5.20. The van der Waals surface area contributed by atoms with Crippen molar-refractivity contribution in [2.75, 3.05) is 12.4 Å². The summed E-state index contributed by atoms with van der Waals surface area (Å²) in [6.07, 6.45) is 1.75. The molecule has 1 rings (SSSR count). The van der Waals surface area contributed by atoms with Gasteiger partial charge < -0.3 is 4.74 Å². The second-order valence-electron chi connectivity index (χ2n) is 4.81. The Kier molecular flexibility index (Phi) is 6.31. The van der Waals surface area contributed by atoms with Crippen LogP contribution >= 0.6 is 11.8 Å². The SMILES string of the molecule is CCOC(=O)C(C)(CSc1ccccn1)NC(C)C. The van der Waals surface area contributed by atoms with Crippen LogP contribution in [0.15, 0.2) is 29.4 Å². The van der Waals surface area contributed by atoms with Gasteiger partial charge in [-0.1, -0.05) is 6.07 Å². The molecular formula is C14H22N2O2S. The number of nitrogens with zero attached hydrogens (tertiary/aromatic N) is 1. The monoisotopic (exact) mass is 282 g/mol. The van der Waals surface area contributed by atoms with Crippen molar-refractivity contribution in [2.45, 2.75) is 44.3 Å². The van der Waals surface area contributed by atoms with Gasteiger partial charge in [-0.3, -0.25) is 10.1 Å². The summed E-state index contributed by atoms with van der Waals surface area (Å²) in [5, 5.41) is 4.19. The minimum atomic E-state index is -0.702. The molecule has 0 aromatic carbocycles. The van der Waals surface area contributed by atoms with Gasteiger partial charge in [-0.2, -0.15) is 0 Å². The van der Waals surface area contributed by atoms with E-state index in [-0.39, 0.29) is 12.0 Å². The molecule has 0 saturated carbocycles. The van der Waals surface area contributed by atoms with Gasteiger partial charge in [-0.25, -0.2) is 4.98 Å². The van der Waals surface area contributed by atoms with Crippen molar-refractivity contribution < 1.29 is 9.53 Å². The molecule has 19 heavy (non-hydrogen) atoms. The van der Waals surface area contributed by atoms with Crippen LogP contribution in [0.4, 0.5) is 0 Å². The van der Waals surface area contributed by atoms with Crippen molar-refractivity contribution in [3.05, 3.63) is 24.4 Å². The van der Waals surface area contributed by atoms with Gasteiger partial charge in [0.2, 0.25) is 0 Å². The zero-order chi connectivity index (χ0) is 14.3. The quantitative estimate of drug-likeness (QED) is 0.615. The largest absolute Gasteiger partial charge is 0.465 e. The second-order valence-corrected chi connectivity index (χ2v) is 5.80. The second kappa shape index (κ2) is 7.50. The summed E-state index contributed by atoms with van der Waals surface area (Å²) in [6, 6.07) is 5.96. The van der Waals surface area contributed by atoms with Crippen molar-refractivity contribution in [3.63, 3.8) is 0 Å². The number of ether oxygens (including phenoxy) is 1. The summed E-state index contributed by atoms with van der Waals surface area (Å²) in [4.78, 5) is 16.4. The Morgan fingerprint density at radius 3 is 2.79 bits per heavy atom. The van der Waals surface area contributed by atoms with E-state index in [1.165, 1.54) is 0 Å². The van der Waals surface area contributed by atoms with E-state index in [0.717, 1.165) is 5.03 Å². The minimum absolute atomic E-state index is 0.207. The number of carbonyl (C=O) groups is 1. The Balaban J connectivity index is 2.71. The predicted octanol–water partition coefficient (Wildman–Crippen LogP) is 2.49. The smallest absolute Gasteiger partial charge is 0.326 e. The molecule has 1 aromatic rings. The van der Waals surface area contributed by atoms with E-state index < -0.39 is 5.54 Å². The fourth-order valence-electron chi connectivity index (χ4n) is 1.74. The fourth-order valence-corrected chi connectivity index (χ4v) is 2.69. The highest BCUT2D eigenvalue weighted by Crippen LogP contribution is 2.22. The minimum Gasteiger partial charge on any atom is -0.465 e. The van der Waals surface area contributed by atoms with Gasteiger partial charge >= 0.3 is 5.97 Å². The Hall–Kier alpha value is -1.07. The standard InChI is InChI=1S/C14H22N2O2S/c1-5-18-13(17)14(4,16-11(2)3)10-19-12-8-6-7-9-15-12/h6-9,11,16H,5,10H2,1-4H3. The lowest BCUT2D eigenvalue weighted by molar-refractivity contribution is -0.149. The van der Waals surface area contributed by atoms with Gasteiger partial charge in [0.25, 0.3) is 0 Å². The van der Waals surface area contributed by atoms with Crippen LogP contribution in [0, 0.1) is 0 Å². The predicted molar refractivity (Wildman–Crippen MR) is 78.3 cm³/mol. The molecular weight excluding hydrogens is 260 g/mol. The Bertz CT molecular complexity index is 398. The van der Waals surface area contributed by atoms with Gasteiger partial charge in [0.15, 0.2) is 0 Å². The first-order valence-corrected chi connectivity index (χ1v) is 7.45. The van der Waals surface area contributed by atoms with Crippen LogP contribution in [0.5, 0.6) is 0 Å². The highest BCUT2D eigenvalue weighted by Gasteiger charge is 2.35. The van der Waals surface area contributed by atoms with Crippen molar-refractivity contribution in [1.29, 1.82) is 0 Å². The molecule has 0 amide bonds. The summed E-state index contributed by atoms with van der Waals surface area (Å²) in [6.45, 7) is 8.12. The maximum atomic E-state index is 12.1. The maximum absolute atomic E-state index is 12.1. The molecule has 0 fully saturated rings. The van der Waals surface area contributed by atoms with E-state index in [0.29, 0.717) is 12.4 Å². The number of carbonyl (C=O) groups excluding carboxylic acids is 1. The van der Waals surface area contributed by atoms with Gasteiger partial charge in [0.05, 0.1) is 11.6 Å². The average Bonchev–Trinajstić information content (AvgIpc) is 2.37. The number of thioether (sulfide) groups is 1. The van der Waals surface area contributed by atoms with Crippen LogP contribution < -0.4 is 5.32 Å². The maximum Gasteiger partial charge on any atom is 0.326 e. The molecule has 0 aliphatic rings. The first-order valence-electron chi connectivity index (χ1n) is 6.46. The third-order valence-electron chi connectivity index (χ3n) is 2.48. The topological polar surface area (TPSA) is 51.2 Å². The first-order chi connectivity index (χ1) is 8.98. The van der Waals surface area contributed by atoms with Gasteiger partial charge in [0, 0.05) is 18.0 Å². The summed E-state index contributed by atoms with van der Waals surface area (Å²) < 4.78 is 5.16. The van der Waals surface area contributed by atoms with E-state index in [9.17, 15) is 4.79 Å². The number of pyridine rings is 1. The normalized spacial score (nSPS) is 14.2. The number of esters is 1. The average molecular weight is 282 g/mol. The van der Waals surface area contributed by atoms with Crippen LogP contribution in [0.25, 0.3) is 0 Å². The Labute approximate surface area is 119 Å². The summed E-state index contributed by atoms with van der Waals surface area (Å²) in [5.41, 5.74) is -0.702. The Morgan fingerprint density at radius 1 is 1.53 bits per heavy atom. The first kappa shape index (κ1) is 16.0. The molecule has 0 aliphatic heterocycles. The van der Waals surface area contributed by atoms with E-state index in [2.05, 4.69) is 10.3 Å². The lowest BCUT2D eigenvalue weighted by atomic mass is 10.0. The lowest BCUT2D eigenvalue weighted by Crippen LogP contribution is -2.55. The third-order valence-corrected chi connectivity index (χ3v) is 3.74. The molecule has 0 spiro atoms. The molecule has 0 aliphatic carbocycles. The lowest BCUT2D eigenvalue weighted by Gasteiger charge is -2.30. The number of hydrogen-bond acceptors (Lipinski definition) is 5. The van der Waals surface area contributed by atoms with E-state index in [4.69, 9.17) is 4.74 Å².